The smallest absolute Gasteiger partial charge is 0.144 e. The fourth-order valence-electron chi connectivity index (χ4n) is 9.33. The summed E-state index contributed by atoms with van der Waals surface area (Å²) >= 11 is 3.70. The first kappa shape index (κ1) is 33.7. The van der Waals surface area contributed by atoms with E-state index in [1.54, 1.807) is 0 Å². The standard InChI is InChI=1S/C56H33NOS2/c1-2-10-37-31-40(20-19-34(37)9-1)35-21-25-41(26-22-35)57(49-17-8-16-46-48-32-38-11-3-4-12-39(38)33-52(48)60-56(46)49)42-27-23-36(24-28-42)43-14-7-15-44-45-29-30-51-53(55(45)58-54(43)44)47-13-5-6-18-50(47)59-51/h1-33H. The van der Waals surface area contributed by atoms with E-state index in [2.05, 4.69) is 205 Å². The van der Waals surface area contributed by atoms with Gasteiger partial charge in [-0.3, -0.25) is 0 Å². The van der Waals surface area contributed by atoms with Crippen molar-refractivity contribution in [2.45, 2.75) is 0 Å². The molecule has 0 bridgehead atoms. The van der Waals surface area contributed by atoms with Gasteiger partial charge in [0.15, 0.2) is 0 Å². The van der Waals surface area contributed by atoms with Crippen molar-refractivity contribution >= 4 is 124 Å². The molecule has 0 atom stereocenters. The van der Waals surface area contributed by atoms with Gasteiger partial charge in [-0.15, -0.1) is 22.7 Å². The molecule has 0 spiro atoms. The van der Waals surface area contributed by atoms with E-state index in [1.165, 1.54) is 73.0 Å². The average Bonchev–Trinajstić information content (AvgIpc) is 4.00. The van der Waals surface area contributed by atoms with Crippen molar-refractivity contribution in [1.82, 2.24) is 0 Å². The molecule has 0 N–H and O–H groups in total. The summed E-state index contributed by atoms with van der Waals surface area (Å²) in [4.78, 5) is 2.42. The van der Waals surface area contributed by atoms with E-state index in [0.29, 0.717) is 0 Å². The van der Waals surface area contributed by atoms with Crippen molar-refractivity contribution in [2.24, 2.45) is 0 Å². The monoisotopic (exact) mass is 799 g/mol. The first-order valence-electron chi connectivity index (χ1n) is 20.3. The molecule has 13 rings (SSSR count). The van der Waals surface area contributed by atoms with E-state index >= 15 is 0 Å². The van der Waals surface area contributed by atoms with Crippen LogP contribution in [0.1, 0.15) is 0 Å². The predicted molar refractivity (Wildman–Crippen MR) is 260 cm³/mol. The maximum atomic E-state index is 6.91. The molecule has 3 aromatic heterocycles. The van der Waals surface area contributed by atoms with Crippen molar-refractivity contribution in [3.63, 3.8) is 0 Å². The third-order valence-electron chi connectivity index (χ3n) is 12.2. The Morgan fingerprint density at radius 2 is 0.983 bits per heavy atom. The van der Waals surface area contributed by atoms with Crippen LogP contribution < -0.4 is 4.90 Å². The molecule has 0 aliphatic carbocycles. The lowest BCUT2D eigenvalue weighted by molar-refractivity contribution is 0.674. The van der Waals surface area contributed by atoms with Crippen molar-refractivity contribution in [1.29, 1.82) is 0 Å². The van der Waals surface area contributed by atoms with Crippen LogP contribution in [0.25, 0.3) is 106 Å². The van der Waals surface area contributed by atoms with Gasteiger partial charge in [-0.2, -0.15) is 0 Å². The highest BCUT2D eigenvalue weighted by Crippen LogP contribution is 2.47. The maximum Gasteiger partial charge on any atom is 0.144 e. The predicted octanol–water partition coefficient (Wildman–Crippen LogP) is 17.4. The van der Waals surface area contributed by atoms with E-state index < -0.39 is 0 Å². The summed E-state index contributed by atoms with van der Waals surface area (Å²) < 4.78 is 12.0. The third kappa shape index (κ3) is 5.18. The van der Waals surface area contributed by atoms with Gasteiger partial charge in [0.05, 0.1) is 10.4 Å². The SMILES string of the molecule is c1ccc2cc(-c3ccc(N(c4ccc(-c5cccc6c5oc5c6ccc6sc7ccccc7c65)cc4)c4cccc5c4sc4cc6ccccc6cc45)cc3)ccc2c1. The molecule has 0 saturated heterocycles. The summed E-state index contributed by atoms with van der Waals surface area (Å²) in [5.74, 6) is 0. The highest BCUT2D eigenvalue weighted by atomic mass is 32.1. The molecule has 60 heavy (non-hydrogen) atoms. The summed E-state index contributed by atoms with van der Waals surface area (Å²) in [7, 11) is 0. The second kappa shape index (κ2) is 13.1. The van der Waals surface area contributed by atoms with Gasteiger partial charge in [0, 0.05) is 63.4 Å². The van der Waals surface area contributed by atoms with Crippen LogP contribution in [0.2, 0.25) is 0 Å². The minimum Gasteiger partial charge on any atom is -0.455 e. The Morgan fingerprint density at radius 3 is 1.80 bits per heavy atom. The van der Waals surface area contributed by atoms with E-state index in [0.717, 1.165) is 50.1 Å². The number of rotatable bonds is 5. The molecule has 2 nitrogen and oxygen atoms in total. The molecule has 10 aromatic carbocycles. The van der Waals surface area contributed by atoms with Gasteiger partial charge < -0.3 is 9.32 Å². The summed E-state index contributed by atoms with van der Waals surface area (Å²) in [6.45, 7) is 0. The number of furan rings is 1. The molecule has 280 valence electrons. The molecule has 0 aliphatic rings. The summed E-state index contributed by atoms with van der Waals surface area (Å²) in [6, 6.07) is 73.2. The van der Waals surface area contributed by atoms with E-state index in [1.807, 2.05) is 22.7 Å². The Balaban J connectivity index is 0.961. The summed E-state index contributed by atoms with van der Waals surface area (Å²) in [5.41, 5.74) is 9.86. The maximum absolute atomic E-state index is 6.91. The molecule has 0 saturated carbocycles. The zero-order valence-electron chi connectivity index (χ0n) is 32.2. The van der Waals surface area contributed by atoms with Gasteiger partial charge in [0.1, 0.15) is 11.2 Å². The molecule has 4 heteroatoms. The first-order chi connectivity index (χ1) is 29.7. The topological polar surface area (TPSA) is 16.4 Å². The minimum atomic E-state index is 0.923. The number of para-hydroxylation sites is 1. The Kier molecular flexibility index (Phi) is 7.38. The number of benzene rings is 10. The fraction of sp³-hybridized carbons (Fsp3) is 0. The third-order valence-corrected chi connectivity index (χ3v) is 14.6. The van der Waals surface area contributed by atoms with Crippen molar-refractivity contribution in [3.8, 4) is 22.3 Å². The molecule has 0 amide bonds. The van der Waals surface area contributed by atoms with Crippen LogP contribution in [-0.4, -0.2) is 0 Å². The van der Waals surface area contributed by atoms with Crippen molar-refractivity contribution in [2.75, 3.05) is 4.90 Å². The number of anilines is 3. The highest BCUT2D eigenvalue weighted by molar-refractivity contribution is 7.26. The van der Waals surface area contributed by atoms with Gasteiger partial charge in [-0.1, -0.05) is 133 Å². The van der Waals surface area contributed by atoms with Gasteiger partial charge in [0.25, 0.3) is 0 Å². The lowest BCUT2D eigenvalue weighted by Gasteiger charge is -2.26. The summed E-state index contributed by atoms with van der Waals surface area (Å²) in [5, 5.41) is 12.3. The second-order valence-corrected chi connectivity index (χ2v) is 17.8. The molecular weight excluding hydrogens is 767 g/mol. The first-order valence-corrected chi connectivity index (χ1v) is 21.9. The highest BCUT2D eigenvalue weighted by Gasteiger charge is 2.21. The van der Waals surface area contributed by atoms with Crippen LogP contribution in [0, 0.1) is 0 Å². The molecule has 3 heterocycles. The van der Waals surface area contributed by atoms with Gasteiger partial charge >= 0.3 is 0 Å². The number of hydrogen-bond acceptors (Lipinski definition) is 4. The normalized spacial score (nSPS) is 12.0. The molecule has 0 fully saturated rings. The quantitative estimate of drug-likeness (QED) is 0.172. The molecular formula is C56H33NOS2. The van der Waals surface area contributed by atoms with Crippen LogP contribution in [0.15, 0.2) is 205 Å². The number of hydrogen-bond donors (Lipinski definition) is 0. The van der Waals surface area contributed by atoms with Crippen LogP contribution in [0.3, 0.4) is 0 Å². The van der Waals surface area contributed by atoms with Gasteiger partial charge in [-0.05, 0) is 105 Å². The van der Waals surface area contributed by atoms with Crippen LogP contribution in [0.4, 0.5) is 17.1 Å². The number of nitrogens with zero attached hydrogens (tertiary/aromatic N) is 1. The van der Waals surface area contributed by atoms with Gasteiger partial charge in [0.2, 0.25) is 0 Å². The minimum absolute atomic E-state index is 0.923. The van der Waals surface area contributed by atoms with Crippen LogP contribution in [0.5, 0.6) is 0 Å². The van der Waals surface area contributed by atoms with Crippen molar-refractivity contribution < 1.29 is 4.42 Å². The lowest BCUT2D eigenvalue weighted by Crippen LogP contribution is -2.10. The Labute approximate surface area is 353 Å². The Morgan fingerprint density at radius 1 is 0.350 bits per heavy atom. The fourth-order valence-corrected chi connectivity index (χ4v) is 11.7. The Hall–Kier alpha value is -7.24. The number of thiophene rings is 2. The lowest BCUT2D eigenvalue weighted by atomic mass is 10.00. The second-order valence-electron chi connectivity index (χ2n) is 15.6. The van der Waals surface area contributed by atoms with Crippen molar-refractivity contribution in [3.05, 3.63) is 200 Å². The zero-order chi connectivity index (χ0) is 39.3. The molecule has 0 radical (unpaired) electrons. The zero-order valence-corrected chi connectivity index (χ0v) is 33.9. The van der Waals surface area contributed by atoms with E-state index in [4.69, 9.17) is 4.42 Å². The van der Waals surface area contributed by atoms with Crippen LogP contribution >= 0.6 is 22.7 Å². The van der Waals surface area contributed by atoms with Crippen LogP contribution in [-0.2, 0) is 0 Å². The van der Waals surface area contributed by atoms with E-state index in [-0.39, 0.29) is 0 Å². The molecule has 0 aliphatic heterocycles. The molecule has 0 unspecified atom stereocenters. The largest absolute Gasteiger partial charge is 0.455 e. The van der Waals surface area contributed by atoms with Gasteiger partial charge in [-0.25, -0.2) is 0 Å². The molecule has 13 aromatic rings. The Bertz CT molecular complexity index is 3830. The average molecular weight is 800 g/mol. The number of fused-ring (bicyclic) bond motifs is 12. The summed E-state index contributed by atoms with van der Waals surface area (Å²) in [6.07, 6.45) is 0. The van der Waals surface area contributed by atoms with E-state index in [9.17, 15) is 0 Å².